The summed E-state index contributed by atoms with van der Waals surface area (Å²) in [7, 11) is 0. The molecule has 0 radical (unpaired) electrons. The third-order valence-electron chi connectivity index (χ3n) is 20.8. The van der Waals surface area contributed by atoms with Crippen LogP contribution >= 0.6 is 11.3 Å². The molecular weight excluding hydrogens is 1570 g/mol. The second-order valence-corrected chi connectivity index (χ2v) is 30.6. The van der Waals surface area contributed by atoms with E-state index < -0.39 is 0 Å². The second kappa shape index (κ2) is 52.4. The van der Waals surface area contributed by atoms with Gasteiger partial charge < -0.3 is 23.0 Å². The van der Waals surface area contributed by atoms with Crippen molar-refractivity contribution in [3.05, 3.63) is 518 Å². The highest BCUT2D eigenvalue weighted by Gasteiger charge is 2.11. The highest BCUT2D eigenvalue weighted by molar-refractivity contribution is 7.17. The van der Waals surface area contributed by atoms with Crippen molar-refractivity contribution >= 4 is 94.2 Å². The largest absolute Gasteiger partial charge is 0.493 e. The van der Waals surface area contributed by atoms with Crippen molar-refractivity contribution in [2.75, 3.05) is 19.8 Å². The number of oxazole rings is 1. The summed E-state index contributed by atoms with van der Waals surface area (Å²) in [5, 5.41) is 10.9. The molecule has 0 fully saturated rings. The molecule has 0 spiro atoms. The molecule has 0 bridgehead atoms. The van der Waals surface area contributed by atoms with Crippen molar-refractivity contribution in [3.8, 4) is 17.2 Å². The summed E-state index contributed by atoms with van der Waals surface area (Å²) >= 11 is 1.79. The van der Waals surface area contributed by atoms with Gasteiger partial charge in [0, 0.05) is 58.4 Å². The molecule has 0 saturated carbocycles. The number of hydrogen-bond donors (Lipinski definition) is 0. The summed E-state index contributed by atoms with van der Waals surface area (Å²) < 4.78 is 27.6. The molecule has 26 rings (SSSR count). The molecule has 0 atom stereocenters. The molecule has 127 heavy (non-hydrogen) atoms. The van der Waals surface area contributed by atoms with E-state index in [1.165, 1.54) is 127 Å². The van der Waals surface area contributed by atoms with Gasteiger partial charge in [0.25, 0.3) is 0 Å². The van der Waals surface area contributed by atoms with Crippen LogP contribution in [0.3, 0.4) is 0 Å². The molecule has 14 aromatic carbocycles. The number of allylic oxidation sites excluding steroid dienone is 2. The van der Waals surface area contributed by atoms with Gasteiger partial charge in [0.05, 0.1) is 25.0 Å². The van der Waals surface area contributed by atoms with E-state index >= 15 is 0 Å². The van der Waals surface area contributed by atoms with Gasteiger partial charge in [-0.05, 0) is 226 Å². The molecule has 9 heterocycles. The van der Waals surface area contributed by atoms with Crippen molar-refractivity contribution in [3.63, 3.8) is 0 Å². The lowest BCUT2D eigenvalue weighted by molar-refractivity contribution is 0.288. The van der Waals surface area contributed by atoms with Gasteiger partial charge in [-0.3, -0.25) is 15.0 Å². The number of fused-ring (bicyclic) bond motifs is 12. The summed E-state index contributed by atoms with van der Waals surface area (Å²) in [6.45, 7) is 2.45. The number of benzene rings is 14. The first-order valence-corrected chi connectivity index (χ1v) is 44.3. The topological polar surface area (TPSA) is 106 Å². The van der Waals surface area contributed by atoms with Gasteiger partial charge in [-0.2, -0.15) is 0 Å². The fourth-order valence-electron chi connectivity index (χ4n) is 14.2. The Labute approximate surface area is 751 Å². The number of hydrogen-bond acceptors (Lipinski definition) is 10. The van der Waals surface area contributed by atoms with Gasteiger partial charge in [-0.25, -0.2) is 4.98 Å². The number of aromatic nitrogens is 4. The van der Waals surface area contributed by atoms with Crippen LogP contribution in [-0.2, 0) is 38.5 Å². The molecule has 0 N–H and O–H groups in total. The fraction of sp³-hybridized carbons (Fsp3) is 0.111. The number of para-hydroxylation sites is 7. The van der Waals surface area contributed by atoms with E-state index in [1.807, 2.05) is 231 Å². The Morgan fingerprint density at radius 1 is 0.260 bits per heavy atom. The van der Waals surface area contributed by atoms with Crippen molar-refractivity contribution in [2.24, 2.45) is 0 Å². The van der Waals surface area contributed by atoms with Crippen LogP contribution in [0.1, 0.15) is 75.8 Å². The third kappa shape index (κ3) is 30.4. The monoisotopic (exact) mass is 1680 g/mol. The van der Waals surface area contributed by atoms with Crippen molar-refractivity contribution in [1.29, 1.82) is 0 Å². The lowest BCUT2D eigenvalue weighted by Crippen LogP contribution is -2.07. The minimum atomic E-state index is 0.705. The number of nitrogens with zero attached hydrogens (tertiary/aromatic N) is 4. The standard InChI is InChI=1S/C10H12.C10H10.C10H8.2C9H7N.C9H10O.C9H8O.C9H8.C8H8O.C8H6O.C8H6S.C7H5NO.C6H6.C5H5N/c3*1-2-6-10-8-4-3-7-9(10)5-1;1-2-6-9-8(4-1)5-3-7-10-9;1-2-4-9-7-10-6-5-8(9)3-1;2*1-2-6-9-8(4-1)5-3-7-10-9;1-2-5-9-7-3-6-8(9)4-1;3*1-2-4-8-7(3-1)5-6-9-8;1-2-4-7-6(3-1)8-5-9-7;2*1-2-4-6-5-3-1/h1-2,5-6H,3-4,7-8H2;1-3,5-7H,4,8H2;1-8H;2*1-7H;1-2,4,6H,3,5,7H2;1-6H,7H2;1-6H,7H2;1-4H,5-6H2;2*1-6H;1-5H;1-6H;1-5H. The predicted octanol–water partition coefficient (Wildman–Crippen LogP) is 30.4. The highest BCUT2D eigenvalue weighted by Crippen LogP contribution is 2.28. The predicted molar refractivity (Wildman–Crippen MR) is 533 cm³/mol. The molecule has 20 aromatic rings. The molecule has 9 nitrogen and oxygen atoms in total. The Morgan fingerprint density at radius 3 is 1.34 bits per heavy atom. The van der Waals surface area contributed by atoms with E-state index in [9.17, 15) is 0 Å². The van der Waals surface area contributed by atoms with Crippen LogP contribution in [0, 0.1) is 0 Å². The Morgan fingerprint density at radius 2 is 0.748 bits per heavy atom. The lowest BCUT2D eigenvalue weighted by Gasteiger charge is -2.15. The zero-order valence-corrected chi connectivity index (χ0v) is 72.4. The van der Waals surface area contributed by atoms with E-state index in [-0.39, 0.29) is 0 Å². The number of ether oxygens (including phenoxy) is 3. The molecule has 10 heteroatoms. The normalized spacial score (nSPS) is 12.1. The first-order chi connectivity index (χ1) is 63.1. The first-order valence-electron chi connectivity index (χ1n) is 43.5. The maximum absolute atomic E-state index is 5.42. The minimum absolute atomic E-state index is 0.705. The summed E-state index contributed by atoms with van der Waals surface area (Å²) in [6.07, 6.45) is 37.4. The fourth-order valence-corrected chi connectivity index (χ4v) is 15.0. The van der Waals surface area contributed by atoms with Crippen molar-refractivity contribution in [2.45, 2.75) is 64.2 Å². The number of rotatable bonds is 0. The molecule has 0 amide bonds. The van der Waals surface area contributed by atoms with E-state index in [4.69, 9.17) is 23.0 Å². The quantitative estimate of drug-likeness (QED) is 0.147. The molecule has 0 unspecified atom stereocenters. The van der Waals surface area contributed by atoms with Crippen LogP contribution in [0.2, 0.25) is 0 Å². The van der Waals surface area contributed by atoms with E-state index in [0.29, 0.717) is 6.61 Å². The summed E-state index contributed by atoms with van der Waals surface area (Å²) in [5.74, 6) is 3.14. The van der Waals surface area contributed by atoms with Crippen LogP contribution < -0.4 is 14.2 Å². The van der Waals surface area contributed by atoms with Gasteiger partial charge in [0.1, 0.15) is 35.0 Å². The van der Waals surface area contributed by atoms with Crippen LogP contribution in [0.15, 0.2) is 476 Å². The SMILES string of the molecule is C1=Cc2ccccc2C1.C1=Cc2ccccc2CC1.C1=Cc2ccccc2OC1.c1ccc2c(c1)CCCC2.c1ccc2c(c1)CCCO2.c1ccc2c(c1)CCO2.c1ccc2ccccc2c1.c1ccc2cnccc2c1.c1ccc2ncccc2c1.c1ccc2occc2c1.c1ccc2ocnc2c1.c1ccc2sccc2c1.c1ccccc1.c1ccncc1. The van der Waals surface area contributed by atoms with Crippen LogP contribution in [-0.4, -0.2) is 39.8 Å². The second-order valence-electron chi connectivity index (χ2n) is 29.6. The number of furan rings is 1. The number of pyridine rings is 3. The first kappa shape index (κ1) is 89.7. The summed E-state index contributed by atoms with van der Waals surface area (Å²) in [5.41, 5.74) is 16.5. The van der Waals surface area contributed by atoms with Gasteiger partial charge in [-0.1, -0.05) is 346 Å². The Balaban J connectivity index is 0.000000117. The summed E-state index contributed by atoms with van der Waals surface area (Å²) in [4.78, 5) is 15.9. The lowest BCUT2D eigenvalue weighted by atomic mass is 9.92. The molecule has 3 aliphatic carbocycles. The van der Waals surface area contributed by atoms with Crippen LogP contribution in [0.4, 0.5) is 0 Å². The van der Waals surface area contributed by atoms with E-state index in [0.717, 1.165) is 77.3 Å². The Kier molecular flexibility index (Phi) is 37.0. The zero-order valence-electron chi connectivity index (χ0n) is 71.6. The van der Waals surface area contributed by atoms with E-state index in [1.54, 1.807) is 41.1 Å². The van der Waals surface area contributed by atoms with Gasteiger partial charge in [-0.15, -0.1) is 11.3 Å². The molecule has 3 aliphatic heterocycles. The molecule has 6 aliphatic rings. The minimum Gasteiger partial charge on any atom is -0.493 e. The third-order valence-corrected chi connectivity index (χ3v) is 21.7. The smallest absolute Gasteiger partial charge is 0.181 e. The van der Waals surface area contributed by atoms with Gasteiger partial charge in [0.2, 0.25) is 0 Å². The molecule has 6 aromatic heterocycles. The van der Waals surface area contributed by atoms with E-state index in [2.05, 4.69) is 250 Å². The summed E-state index contributed by atoms with van der Waals surface area (Å²) in [6, 6.07) is 135. The average molecular weight is 1680 g/mol. The maximum atomic E-state index is 5.42. The van der Waals surface area contributed by atoms with Gasteiger partial charge >= 0.3 is 0 Å². The van der Waals surface area contributed by atoms with Crippen molar-refractivity contribution in [1.82, 2.24) is 19.9 Å². The molecule has 0 saturated heterocycles. The number of thiophene rings is 1. The molecular formula is C117H106N4O5S. The van der Waals surface area contributed by atoms with Crippen LogP contribution in [0.25, 0.3) is 82.8 Å². The Hall–Kier alpha value is -15.1. The highest BCUT2D eigenvalue weighted by atomic mass is 32.1. The average Bonchev–Trinajstić information content (AvgIpc) is 1.30. The molecule has 630 valence electrons. The van der Waals surface area contributed by atoms with Gasteiger partial charge in [0.15, 0.2) is 12.0 Å². The zero-order chi connectivity index (χ0) is 86.7. The Bertz CT molecular complexity index is 5730. The number of aryl methyl sites for hydroxylation is 4. The maximum Gasteiger partial charge on any atom is 0.181 e. The van der Waals surface area contributed by atoms with Crippen LogP contribution in [0.5, 0.6) is 17.2 Å². The van der Waals surface area contributed by atoms with Crippen molar-refractivity contribution < 1.29 is 23.0 Å².